The molecule has 5 nitrogen and oxygen atoms in total. The molecule has 1 unspecified atom stereocenters. The van der Waals surface area contributed by atoms with Crippen LogP contribution < -0.4 is 19.9 Å². The first-order valence-corrected chi connectivity index (χ1v) is 9.38. The summed E-state index contributed by atoms with van der Waals surface area (Å²) in [5.41, 5.74) is 2.28. The maximum Gasteiger partial charge on any atom is 0.387 e. The molecule has 150 valence electrons. The summed E-state index contributed by atoms with van der Waals surface area (Å²) in [5, 5.41) is 3.03. The first-order chi connectivity index (χ1) is 13.5. The Bertz CT molecular complexity index is 798. The molecule has 1 heterocycles. The Morgan fingerprint density at radius 3 is 2.64 bits per heavy atom. The second kappa shape index (κ2) is 8.91. The van der Waals surface area contributed by atoms with Crippen LogP contribution in [-0.4, -0.2) is 45.2 Å². The normalized spacial score (nSPS) is 16.3. The van der Waals surface area contributed by atoms with Crippen LogP contribution in [0.3, 0.4) is 0 Å². The maximum absolute atomic E-state index is 12.6. The summed E-state index contributed by atoms with van der Waals surface area (Å²) in [5.74, 6) is 0.0229. The van der Waals surface area contributed by atoms with Gasteiger partial charge in [0.05, 0.1) is 5.69 Å². The highest BCUT2D eigenvalue weighted by Gasteiger charge is 2.26. The summed E-state index contributed by atoms with van der Waals surface area (Å²) in [7, 11) is 2.00. The summed E-state index contributed by atoms with van der Waals surface area (Å²) >= 11 is 0. The van der Waals surface area contributed by atoms with E-state index < -0.39 is 6.61 Å². The lowest BCUT2D eigenvalue weighted by Gasteiger charge is -2.22. The van der Waals surface area contributed by atoms with Gasteiger partial charge >= 0.3 is 6.61 Å². The number of carbonyl (C=O) groups excluding carboxylic acids is 1. The number of nitrogens with one attached hydrogen (secondary N) is 1. The van der Waals surface area contributed by atoms with Crippen LogP contribution >= 0.6 is 0 Å². The Balaban J connectivity index is 1.61. The highest BCUT2D eigenvalue weighted by Crippen LogP contribution is 2.31. The van der Waals surface area contributed by atoms with Crippen molar-refractivity contribution in [2.45, 2.75) is 26.0 Å². The molecule has 1 fully saturated rings. The van der Waals surface area contributed by atoms with Gasteiger partial charge in [-0.25, -0.2) is 0 Å². The van der Waals surface area contributed by atoms with Gasteiger partial charge < -0.3 is 19.9 Å². The highest BCUT2D eigenvalue weighted by molar-refractivity contribution is 5.94. The minimum atomic E-state index is -2.87. The lowest BCUT2D eigenvalue weighted by molar-refractivity contribution is -0.0495. The van der Waals surface area contributed by atoms with Crippen LogP contribution in [0, 0.1) is 0 Å². The van der Waals surface area contributed by atoms with Crippen LogP contribution in [0.1, 0.15) is 23.7 Å². The first-order valence-electron chi connectivity index (χ1n) is 9.38. The zero-order valence-electron chi connectivity index (χ0n) is 16.1. The van der Waals surface area contributed by atoms with Crippen molar-refractivity contribution in [2.24, 2.45) is 0 Å². The van der Waals surface area contributed by atoms with Gasteiger partial charge in [-0.15, -0.1) is 0 Å². The zero-order chi connectivity index (χ0) is 20.1. The van der Waals surface area contributed by atoms with E-state index in [4.69, 9.17) is 0 Å². The standard InChI is InChI=1S/C21H25F2N3O2/c1-3-25(2)17-10-8-15(9-11-17)20(27)24-16-12-13-26(14-16)18-6-4-5-7-19(18)28-21(22)23/h4-11,16,21H,3,12-14H2,1-2H3,(H,24,27). The number of anilines is 2. The summed E-state index contributed by atoms with van der Waals surface area (Å²) in [6.07, 6.45) is 0.741. The molecule has 7 heteroatoms. The lowest BCUT2D eigenvalue weighted by atomic mass is 10.1. The summed E-state index contributed by atoms with van der Waals surface area (Å²) in [4.78, 5) is 16.6. The maximum atomic E-state index is 12.6. The number of nitrogens with zero attached hydrogens (tertiary/aromatic N) is 2. The molecule has 2 aromatic carbocycles. The zero-order valence-corrected chi connectivity index (χ0v) is 16.1. The van der Waals surface area contributed by atoms with E-state index in [9.17, 15) is 13.6 Å². The summed E-state index contributed by atoms with van der Waals surface area (Å²) in [6, 6.07) is 14.2. The molecule has 1 saturated heterocycles. The van der Waals surface area contributed by atoms with E-state index in [1.807, 2.05) is 36.2 Å². The van der Waals surface area contributed by atoms with Crippen LogP contribution in [-0.2, 0) is 0 Å². The molecule has 3 rings (SSSR count). The van der Waals surface area contributed by atoms with Gasteiger partial charge in [-0.2, -0.15) is 8.78 Å². The van der Waals surface area contributed by atoms with Crippen LogP contribution in [0.5, 0.6) is 5.75 Å². The molecule has 28 heavy (non-hydrogen) atoms. The molecular weight excluding hydrogens is 364 g/mol. The Kier molecular flexibility index (Phi) is 6.34. The summed E-state index contributed by atoms with van der Waals surface area (Å²) < 4.78 is 29.9. The van der Waals surface area contributed by atoms with Gasteiger partial charge in [-0.3, -0.25) is 4.79 Å². The van der Waals surface area contributed by atoms with E-state index in [1.165, 1.54) is 6.07 Å². The van der Waals surface area contributed by atoms with Crippen LogP contribution in [0.15, 0.2) is 48.5 Å². The van der Waals surface area contributed by atoms with E-state index >= 15 is 0 Å². The molecule has 1 atom stereocenters. The van der Waals surface area contributed by atoms with Crippen molar-refractivity contribution in [3.05, 3.63) is 54.1 Å². The quantitative estimate of drug-likeness (QED) is 0.783. The molecule has 2 aromatic rings. The molecule has 0 saturated carbocycles. The molecule has 1 amide bonds. The molecule has 1 aliphatic rings. The van der Waals surface area contributed by atoms with Crippen molar-refractivity contribution >= 4 is 17.3 Å². The second-order valence-electron chi connectivity index (χ2n) is 6.81. The number of benzene rings is 2. The number of halogens is 2. The number of hydrogen-bond acceptors (Lipinski definition) is 4. The molecular formula is C21H25F2N3O2. The lowest BCUT2D eigenvalue weighted by Crippen LogP contribution is -2.37. The van der Waals surface area contributed by atoms with Crippen molar-refractivity contribution in [3.63, 3.8) is 0 Å². The minimum absolute atomic E-state index is 0.0508. The molecule has 1 N–H and O–H groups in total. The van der Waals surface area contributed by atoms with Crippen LogP contribution in [0.25, 0.3) is 0 Å². The molecule has 0 aliphatic carbocycles. The fourth-order valence-electron chi connectivity index (χ4n) is 3.33. The number of carbonyl (C=O) groups is 1. The Labute approximate surface area is 163 Å². The molecule has 0 bridgehead atoms. The van der Waals surface area contributed by atoms with Crippen LogP contribution in [0.4, 0.5) is 20.2 Å². The minimum Gasteiger partial charge on any atom is -0.433 e. The number of hydrogen-bond donors (Lipinski definition) is 1. The van der Waals surface area contributed by atoms with E-state index in [1.54, 1.807) is 18.2 Å². The highest BCUT2D eigenvalue weighted by atomic mass is 19.3. The third-order valence-corrected chi connectivity index (χ3v) is 4.99. The molecule has 0 aromatic heterocycles. The second-order valence-corrected chi connectivity index (χ2v) is 6.81. The van der Waals surface area contributed by atoms with E-state index in [2.05, 4.69) is 21.9 Å². The largest absolute Gasteiger partial charge is 0.433 e. The smallest absolute Gasteiger partial charge is 0.387 e. The van der Waals surface area contributed by atoms with Crippen molar-refractivity contribution in [1.82, 2.24) is 5.32 Å². The Morgan fingerprint density at radius 2 is 1.96 bits per heavy atom. The molecule has 0 spiro atoms. The van der Waals surface area contributed by atoms with Crippen LogP contribution in [0.2, 0.25) is 0 Å². The number of alkyl halides is 2. The van der Waals surface area contributed by atoms with Gasteiger partial charge in [0.25, 0.3) is 5.91 Å². The Morgan fingerprint density at radius 1 is 1.25 bits per heavy atom. The van der Waals surface area contributed by atoms with Gasteiger partial charge in [0.15, 0.2) is 0 Å². The van der Waals surface area contributed by atoms with E-state index in [-0.39, 0.29) is 17.7 Å². The van der Waals surface area contributed by atoms with Gasteiger partial charge in [-0.05, 0) is 49.7 Å². The predicted molar refractivity (Wildman–Crippen MR) is 107 cm³/mol. The van der Waals surface area contributed by atoms with Gasteiger partial charge in [0, 0.05) is 44.0 Å². The average molecular weight is 389 g/mol. The number of amides is 1. The SMILES string of the molecule is CCN(C)c1ccc(C(=O)NC2CCN(c3ccccc3OC(F)F)C2)cc1. The fraction of sp³-hybridized carbons (Fsp3) is 0.381. The average Bonchev–Trinajstić information content (AvgIpc) is 3.15. The van der Waals surface area contributed by atoms with Crippen molar-refractivity contribution in [1.29, 1.82) is 0 Å². The van der Waals surface area contributed by atoms with Gasteiger partial charge in [0.1, 0.15) is 5.75 Å². The topological polar surface area (TPSA) is 44.8 Å². The third kappa shape index (κ3) is 4.71. The fourth-order valence-corrected chi connectivity index (χ4v) is 3.33. The number of para-hydroxylation sites is 2. The number of rotatable bonds is 7. The van der Waals surface area contributed by atoms with Crippen molar-refractivity contribution in [3.8, 4) is 5.75 Å². The molecule has 0 radical (unpaired) electrons. The van der Waals surface area contributed by atoms with Gasteiger partial charge in [-0.1, -0.05) is 12.1 Å². The van der Waals surface area contributed by atoms with Crippen molar-refractivity contribution < 1.29 is 18.3 Å². The van der Waals surface area contributed by atoms with E-state index in [0.717, 1.165) is 18.7 Å². The number of ether oxygens (including phenoxy) is 1. The predicted octanol–water partition coefficient (Wildman–Crippen LogP) is 3.75. The van der Waals surface area contributed by atoms with Gasteiger partial charge in [0.2, 0.25) is 0 Å². The first kappa shape index (κ1) is 19.9. The van der Waals surface area contributed by atoms with E-state index in [0.29, 0.717) is 24.3 Å². The van der Waals surface area contributed by atoms with Crippen molar-refractivity contribution in [2.75, 3.05) is 36.5 Å². The Hall–Kier alpha value is -2.83. The monoisotopic (exact) mass is 389 g/mol. The third-order valence-electron chi connectivity index (χ3n) is 4.99. The summed E-state index contributed by atoms with van der Waals surface area (Å²) in [6.45, 7) is 1.30. The molecule has 1 aliphatic heterocycles.